The van der Waals surface area contributed by atoms with Crippen molar-refractivity contribution in [3.05, 3.63) is 104 Å². The number of aromatic nitrogens is 3. The number of halogens is 1. The molecule has 1 unspecified atom stereocenters. The van der Waals surface area contributed by atoms with E-state index < -0.39 is 6.04 Å². The lowest BCUT2D eigenvalue weighted by atomic mass is 9.96. The van der Waals surface area contributed by atoms with Crippen LogP contribution in [0.15, 0.2) is 65.7 Å². The van der Waals surface area contributed by atoms with Gasteiger partial charge in [0.05, 0.1) is 30.0 Å². The molecule has 2 aromatic heterocycles. The van der Waals surface area contributed by atoms with Crippen LogP contribution in [0, 0.1) is 12.3 Å². The maximum absolute atomic E-state index is 14.1. The predicted molar refractivity (Wildman–Crippen MR) is 179 cm³/mol. The Morgan fingerprint density at radius 1 is 1.13 bits per heavy atom. The summed E-state index contributed by atoms with van der Waals surface area (Å²) in [6.45, 7) is 4.57. The molecule has 1 amide bonds. The molecule has 1 aliphatic heterocycles. The number of nitrogens with zero attached hydrogens (tertiary/aromatic N) is 5. The van der Waals surface area contributed by atoms with E-state index in [1.165, 1.54) is 6.42 Å². The van der Waals surface area contributed by atoms with Gasteiger partial charge in [-0.05, 0) is 87.0 Å². The van der Waals surface area contributed by atoms with Crippen molar-refractivity contribution < 1.29 is 4.79 Å². The Morgan fingerprint density at radius 3 is 2.60 bits per heavy atom. The first kappa shape index (κ1) is 32.3. The molecule has 2 aromatic carbocycles. The molecule has 2 N–H and O–H groups in total. The van der Waals surface area contributed by atoms with Gasteiger partial charge in [-0.1, -0.05) is 42.1 Å². The molecule has 1 fully saturated rings. The monoisotopic (exact) mass is 625 g/mol. The van der Waals surface area contributed by atoms with Crippen LogP contribution in [-0.4, -0.2) is 70.5 Å². The van der Waals surface area contributed by atoms with Crippen molar-refractivity contribution in [3.8, 4) is 12.3 Å². The zero-order valence-corrected chi connectivity index (χ0v) is 26.7. The molecule has 234 valence electrons. The first-order valence-corrected chi connectivity index (χ1v) is 15.8. The fourth-order valence-corrected chi connectivity index (χ4v) is 5.94. The molecule has 9 nitrogen and oxygen atoms in total. The maximum atomic E-state index is 14.1. The van der Waals surface area contributed by atoms with Crippen LogP contribution in [0.1, 0.15) is 58.2 Å². The Kier molecular flexibility index (Phi) is 11.0. The average molecular weight is 626 g/mol. The number of rotatable bonds is 12. The quantitative estimate of drug-likeness (QED) is 0.228. The molecule has 4 aromatic rings. The Labute approximate surface area is 269 Å². The van der Waals surface area contributed by atoms with Gasteiger partial charge < -0.3 is 10.2 Å². The Bertz CT molecular complexity index is 1710. The second-order valence-corrected chi connectivity index (χ2v) is 12.1. The zero-order chi connectivity index (χ0) is 31.8. The van der Waals surface area contributed by atoms with Crippen molar-refractivity contribution >= 4 is 28.4 Å². The number of carbonyl (C=O) groups is 1. The minimum Gasteiger partial charge on any atom is -0.348 e. The number of carbonyl (C=O) groups excluding carboxylic acids is 1. The van der Waals surface area contributed by atoms with Crippen LogP contribution in [0.4, 0.5) is 0 Å². The number of piperidine rings is 1. The lowest BCUT2D eigenvalue weighted by Gasteiger charge is -2.27. The molecule has 0 radical (unpaired) electrons. The Morgan fingerprint density at radius 2 is 1.91 bits per heavy atom. The number of hydrogen-bond acceptors (Lipinski definition) is 7. The number of likely N-dealkylation sites (tertiary alicyclic amines) is 1. The van der Waals surface area contributed by atoms with E-state index >= 15 is 0 Å². The fourth-order valence-electron chi connectivity index (χ4n) is 5.68. The number of pyridine rings is 1. The van der Waals surface area contributed by atoms with Gasteiger partial charge in [-0.25, -0.2) is 4.98 Å². The highest BCUT2D eigenvalue weighted by Crippen LogP contribution is 2.31. The summed E-state index contributed by atoms with van der Waals surface area (Å²) in [6, 6.07) is 14.3. The van der Waals surface area contributed by atoms with E-state index in [-0.39, 0.29) is 18.0 Å². The summed E-state index contributed by atoms with van der Waals surface area (Å²) in [6.07, 6.45) is 12.6. The van der Waals surface area contributed by atoms with Gasteiger partial charge in [-0.3, -0.25) is 29.4 Å². The van der Waals surface area contributed by atoms with E-state index in [2.05, 4.69) is 31.3 Å². The van der Waals surface area contributed by atoms with Crippen molar-refractivity contribution in [3.63, 3.8) is 0 Å². The number of terminal acetylenes is 1. The van der Waals surface area contributed by atoms with Gasteiger partial charge in [0, 0.05) is 42.6 Å². The summed E-state index contributed by atoms with van der Waals surface area (Å²) in [5.41, 5.74) is 3.52. The van der Waals surface area contributed by atoms with Gasteiger partial charge in [0.15, 0.2) is 0 Å². The van der Waals surface area contributed by atoms with Gasteiger partial charge in [0.2, 0.25) is 0 Å². The van der Waals surface area contributed by atoms with E-state index in [1.807, 2.05) is 49.0 Å². The summed E-state index contributed by atoms with van der Waals surface area (Å²) in [7, 11) is 4.00. The van der Waals surface area contributed by atoms with Crippen LogP contribution in [0.2, 0.25) is 5.02 Å². The van der Waals surface area contributed by atoms with Gasteiger partial charge >= 0.3 is 0 Å². The number of hydrogen-bond donors (Lipinski definition) is 2. The van der Waals surface area contributed by atoms with E-state index in [1.54, 1.807) is 30.6 Å². The number of benzene rings is 2. The molecule has 1 atom stereocenters. The van der Waals surface area contributed by atoms with E-state index in [0.29, 0.717) is 41.1 Å². The average Bonchev–Trinajstić information content (AvgIpc) is 3.05. The summed E-state index contributed by atoms with van der Waals surface area (Å²) < 4.78 is 1.82. The second-order valence-electron chi connectivity index (χ2n) is 11.7. The first-order valence-electron chi connectivity index (χ1n) is 15.4. The molecule has 0 bridgehead atoms. The summed E-state index contributed by atoms with van der Waals surface area (Å²) in [4.78, 5) is 40.4. The van der Waals surface area contributed by atoms with Crippen molar-refractivity contribution in [2.24, 2.45) is 0 Å². The minimum atomic E-state index is -0.409. The molecule has 0 spiro atoms. The molecule has 0 aliphatic carbocycles. The van der Waals surface area contributed by atoms with Crippen molar-refractivity contribution in [1.29, 1.82) is 0 Å². The van der Waals surface area contributed by atoms with Crippen molar-refractivity contribution in [1.82, 2.24) is 35.0 Å². The highest BCUT2D eigenvalue weighted by atomic mass is 35.5. The summed E-state index contributed by atoms with van der Waals surface area (Å²) >= 11 is 6.92. The fraction of sp³-hybridized carbons (Fsp3) is 0.371. The molecule has 0 saturated carbocycles. The molecule has 1 aliphatic rings. The number of amides is 1. The van der Waals surface area contributed by atoms with Gasteiger partial charge in [-0.15, -0.1) is 6.42 Å². The normalized spacial score (nSPS) is 14.4. The summed E-state index contributed by atoms with van der Waals surface area (Å²) in [5, 5.41) is 7.29. The van der Waals surface area contributed by atoms with E-state index in [9.17, 15) is 9.59 Å². The molecule has 5 rings (SSSR count). The molecular formula is C35H40ClN7O2. The topological polar surface area (TPSA) is 95.4 Å². The standard InChI is InChI=1S/C35H40ClN7O2/c1-4-14-38-33(26-10-12-27(13-11-26)34(44)39-23-25-9-8-15-37-22-25)28-20-29-31(21-30(28)36)40-32(24-42-16-6-5-7-17-42)43(35(29)45)19-18-41(2)3/h1,8-13,15,20-22,33,38H,5-7,14,16-19,23-24H2,2-3H3,(H,39,44). The lowest BCUT2D eigenvalue weighted by molar-refractivity contribution is 0.0951. The second kappa shape index (κ2) is 15.3. The first-order chi connectivity index (χ1) is 21.8. The number of nitrogens with one attached hydrogen (secondary N) is 2. The Balaban J connectivity index is 1.47. The summed E-state index contributed by atoms with van der Waals surface area (Å²) in [5.74, 6) is 3.21. The predicted octanol–water partition coefficient (Wildman–Crippen LogP) is 4.23. The van der Waals surface area contributed by atoms with Crippen LogP contribution in [-0.2, 0) is 19.6 Å². The highest BCUT2D eigenvalue weighted by Gasteiger charge is 2.22. The molecule has 3 heterocycles. The van der Waals surface area contributed by atoms with Crippen LogP contribution >= 0.6 is 11.6 Å². The van der Waals surface area contributed by atoms with Crippen LogP contribution in [0.5, 0.6) is 0 Å². The van der Waals surface area contributed by atoms with E-state index in [4.69, 9.17) is 23.0 Å². The lowest BCUT2D eigenvalue weighted by Crippen LogP contribution is -2.35. The van der Waals surface area contributed by atoms with Crippen molar-refractivity contribution in [2.45, 2.75) is 44.9 Å². The zero-order valence-electron chi connectivity index (χ0n) is 25.9. The molecule has 10 heteroatoms. The van der Waals surface area contributed by atoms with Crippen LogP contribution in [0.25, 0.3) is 10.9 Å². The number of fused-ring (bicyclic) bond motifs is 1. The minimum absolute atomic E-state index is 0.0805. The largest absolute Gasteiger partial charge is 0.348 e. The molecule has 1 saturated heterocycles. The van der Waals surface area contributed by atoms with Gasteiger partial charge in [-0.2, -0.15) is 0 Å². The highest BCUT2D eigenvalue weighted by molar-refractivity contribution is 6.32. The molecule has 45 heavy (non-hydrogen) atoms. The SMILES string of the molecule is C#CCNC(c1ccc(C(=O)NCc2cccnc2)cc1)c1cc2c(=O)n(CCN(C)C)c(CN3CCCCC3)nc2cc1Cl. The van der Waals surface area contributed by atoms with Crippen molar-refractivity contribution in [2.75, 3.05) is 40.3 Å². The number of likely N-dealkylation sites (N-methyl/N-ethyl adjacent to an activating group) is 1. The van der Waals surface area contributed by atoms with Gasteiger partial charge in [0.25, 0.3) is 11.5 Å². The smallest absolute Gasteiger partial charge is 0.261 e. The molecular weight excluding hydrogens is 586 g/mol. The maximum Gasteiger partial charge on any atom is 0.261 e. The van der Waals surface area contributed by atoms with E-state index in [0.717, 1.165) is 55.0 Å². The van der Waals surface area contributed by atoms with Crippen LogP contribution < -0.4 is 16.2 Å². The third kappa shape index (κ3) is 8.16. The van der Waals surface area contributed by atoms with Crippen LogP contribution in [0.3, 0.4) is 0 Å². The third-order valence-electron chi connectivity index (χ3n) is 8.14. The third-order valence-corrected chi connectivity index (χ3v) is 8.46. The Hall–Kier alpha value is -4.07. The van der Waals surface area contributed by atoms with Gasteiger partial charge in [0.1, 0.15) is 5.82 Å².